The molecule has 1 N–H and O–H groups in total. The van der Waals surface area contributed by atoms with E-state index >= 15 is 0 Å². The van der Waals surface area contributed by atoms with Gasteiger partial charge < -0.3 is 10.2 Å². The molecule has 1 aromatic carbocycles. The van der Waals surface area contributed by atoms with Crippen LogP contribution in [0.3, 0.4) is 0 Å². The molecular weight excluding hydrogens is 467 g/mol. The lowest BCUT2D eigenvalue weighted by Crippen LogP contribution is -2.30. The summed E-state index contributed by atoms with van der Waals surface area (Å²) in [7, 11) is -3.49. The Hall–Kier alpha value is -3.79. The number of hydrogen-bond donors (Lipinski definition) is 1. The molecule has 35 heavy (non-hydrogen) atoms. The molecule has 5 rings (SSSR count). The van der Waals surface area contributed by atoms with Crippen molar-refractivity contribution in [1.82, 2.24) is 19.4 Å². The third-order valence-corrected chi connectivity index (χ3v) is 7.20. The van der Waals surface area contributed by atoms with E-state index in [9.17, 15) is 12.8 Å². The number of halogens is 1. The average molecular weight is 493 g/mol. The molecule has 1 aliphatic heterocycles. The molecule has 0 fully saturated rings. The number of aromatic nitrogens is 4. The van der Waals surface area contributed by atoms with Gasteiger partial charge in [0.25, 0.3) is 0 Å². The highest BCUT2D eigenvalue weighted by Crippen LogP contribution is 2.29. The molecular formula is C25H25FN6O2S. The normalized spacial score (nSPS) is 14.3. The van der Waals surface area contributed by atoms with Crippen LogP contribution in [0.15, 0.2) is 66.1 Å². The summed E-state index contributed by atoms with van der Waals surface area (Å²) in [5.74, 6) is 0.0806. The third kappa shape index (κ3) is 4.61. The summed E-state index contributed by atoms with van der Waals surface area (Å²) in [5, 5.41) is 3.05. The molecule has 8 nitrogen and oxygen atoms in total. The van der Waals surface area contributed by atoms with Crippen molar-refractivity contribution in [3.8, 4) is 0 Å². The number of hydrogen-bond acceptors (Lipinski definition) is 7. The molecule has 0 atom stereocenters. The van der Waals surface area contributed by atoms with E-state index < -0.39 is 15.7 Å². The Kier molecular flexibility index (Phi) is 5.98. The van der Waals surface area contributed by atoms with Gasteiger partial charge in [-0.05, 0) is 54.3 Å². The van der Waals surface area contributed by atoms with Crippen LogP contribution in [-0.2, 0) is 16.3 Å². The Balaban J connectivity index is 1.39. The van der Waals surface area contributed by atoms with Gasteiger partial charge in [-0.1, -0.05) is 13.0 Å². The van der Waals surface area contributed by atoms with Crippen molar-refractivity contribution < 1.29 is 12.8 Å². The molecule has 0 amide bonds. The SMILES string of the molecule is CCc1cnc(N2CC=C(c3cnc4c(Nc5ccc(S(C)(=O)=O)cc5F)cccn34)CC2)nc1. The minimum absolute atomic E-state index is 0.0631. The number of benzene rings is 1. The predicted octanol–water partition coefficient (Wildman–Crippen LogP) is 4.27. The van der Waals surface area contributed by atoms with E-state index in [0.29, 0.717) is 17.9 Å². The lowest BCUT2D eigenvalue weighted by atomic mass is 10.1. The monoisotopic (exact) mass is 492 g/mol. The maximum atomic E-state index is 14.6. The number of rotatable bonds is 6. The van der Waals surface area contributed by atoms with E-state index in [0.717, 1.165) is 48.9 Å². The summed E-state index contributed by atoms with van der Waals surface area (Å²) in [4.78, 5) is 15.6. The molecule has 4 heterocycles. The second kappa shape index (κ2) is 9.10. The van der Waals surface area contributed by atoms with Crippen LogP contribution in [0.2, 0.25) is 0 Å². The second-order valence-electron chi connectivity index (χ2n) is 8.47. The zero-order chi connectivity index (χ0) is 24.6. The number of fused-ring (bicyclic) bond motifs is 1. The quantitative estimate of drug-likeness (QED) is 0.430. The van der Waals surface area contributed by atoms with Crippen molar-refractivity contribution in [2.45, 2.75) is 24.7 Å². The van der Waals surface area contributed by atoms with Crippen LogP contribution in [0.5, 0.6) is 0 Å². The summed E-state index contributed by atoms with van der Waals surface area (Å²) < 4.78 is 40.0. The molecule has 10 heteroatoms. The van der Waals surface area contributed by atoms with Crippen LogP contribution in [0.1, 0.15) is 24.6 Å². The van der Waals surface area contributed by atoms with Gasteiger partial charge in [-0.3, -0.25) is 4.40 Å². The van der Waals surface area contributed by atoms with Gasteiger partial charge in [-0.2, -0.15) is 0 Å². The highest BCUT2D eigenvalue weighted by Gasteiger charge is 2.19. The largest absolute Gasteiger partial charge is 0.350 e. The Labute approximate surface area is 203 Å². The van der Waals surface area contributed by atoms with Crippen molar-refractivity contribution in [2.75, 3.05) is 29.6 Å². The molecule has 180 valence electrons. The zero-order valence-electron chi connectivity index (χ0n) is 19.4. The van der Waals surface area contributed by atoms with Gasteiger partial charge in [0.05, 0.1) is 28.2 Å². The lowest BCUT2D eigenvalue weighted by Gasteiger charge is -2.26. The Morgan fingerprint density at radius 1 is 1.09 bits per heavy atom. The number of pyridine rings is 1. The number of nitrogens with zero attached hydrogens (tertiary/aromatic N) is 5. The summed E-state index contributed by atoms with van der Waals surface area (Å²) in [5.41, 5.74) is 4.70. The standard InChI is InChI=1S/C25H25FN6O2S/c1-3-17-14-28-25(29-15-17)31-11-8-18(9-12-31)23-16-27-24-22(5-4-10-32(23)24)30-21-7-6-19(13-20(21)26)35(2,33)34/h4-8,10,13-16,30H,3,9,11-12H2,1-2H3. The zero-order valence-corrected chi connectivity index (χ0v) is 20.3. The summed E-state index contributed by atoms with van der Waals surface area (Å²) >= 11 is 0. The third-order valence-electron chi connectivity index (χ3n) is 6.09. The van der Waals surface area contributed by atoms with E-state index in [-0.39, 0.29) is 10.6 Å². The minimum atomic E-state index is -3.49. The van der Waals surface area contributed by atoms with E-state index in [1.807, 2.05) is 41.3 Å². The second-order valence-corrected chi connectivity index (χ2v) is 10.5. The smallest absolute Gasteiger partial charge is 0.225 e. The molecule has 4 aromatic rings. The topological polar surface area (TPSA) is 92.5 Å². The number of aryl methyl sites for hydroxylation is 1. The Bertz CT molecular complexity index is 1530. The highest BCUT2D eigenvalue weighted by atomic mass is 32.2. The van der Waals surface area contributed by atoms with Crippen LogP contribution >= 0.6 is 0 Å². The van der Waals surface area contributed by atoms with Gasteiger partial charge >= 0.3 is 0 Å². The van der Waals surface area contributed by atoms with Crippen molar-refractivity contribution in [2.24, 2.45) is 0 Å². The molecule has 0 bridgehead atoms. The van der Waals surface area contributed by atoms with Gasteiger partial charge in [-0.15, -0.1) is 0 Å². The first-order valence-corrected chi connectivity index (χ1v) is 13.2. The van der Waals surface area contributed by atoms with Gasteiger partial charge in [0.2, 0.25) is 5.95 Å². The number of nitrogens with one attached hydrogen (secondary N) is 1. The summed E-state index contributed by atoms with van der Waals surface area (Å²) in [6.45, 7) is 3.57. The molecule has 0 unspecified atom stereocenters. The summed E-state index contributed by atoms with van der Waals surface area (Å²) in [6.07, 6.45) is 12.4. The van der Waals surface area contributed by atoms with Crippen molar-refractivity contribution in [3.05, 3.63) is 78.3 Å². The van der Waals surface area contributed by atoms with E-state index in [2.05, 4.69) is 38.2 Å². The van der Waals surface area contributed by atoms with Gasteiger partial charge in [0.1, 0.15) is 5.82 Å². The fraction of sp³-hybridized carbons (Fsp3) is 0.240. The minimum Gasteiger partial charge on any atom is -0.350 e. The van der Waals surface area contributed by atoms with Crippen LogP contribution in [-0.4, -0.2) is 47.1 Å². The van der Waals surface area contributed by atoms with Crippen molar-refractivity contribution in [1.29, 1.82) is 0 Å². The fourth-order valence-electron chi connectivity index (χ4n) is 4.10. The highest BCUT2D eigenvalue weighted by molar-refractivity contribution is 7.90. The maximum absolute atomic E-state index is 14.6. The Morgan fingerprint density at radius 3 is 2.54 bits per heavy atom. The number of imidazole rings is 1. The molecule has 0 aliphatic carbocycles. The first-order chi connectivity index (χ1) is 16.8. The molecule has 0 spiro atoms. The average Bonchev–Trinajstić information content (AvgIpc) is 3.30. The molecule has 1 aliphatic rings. The van der Waals surface area contributed by atoms with Crippen molar-refractivity contribution in [3.63, 3.8) is 0 Å². The van der Waals surface area contributed by atoms with Crippen LogP contribution in [0.25, 0.3) is 11.2 Å². The fourth-order valence-corrected chi connectivity index (χ4v) is 4.73. The Morgan fingerprint density at radius 2 is 1.89 bits per heavy atom. The molecule has 3 aromatic heterocycles. The van der Waals surface area contributed by atoms with Crippen molar-refractivity contribution >= 4 is 38.4 Å². The predicted molar refractivity (Wildman–Crippen MR) is 134 cm³/mol. The number of sulfone groups is 1. The maximum Gasteiger partial charge on any atom is 0.225 e. The van der Waals surface area contributed by atoms with Gasteiger partial charge in [0, 0.05) is 37.9 Å². The molecule has 0 radical (unpaired) electrons. The molecule has 0 saturated heterocycles. The van der Waals surface area contributed by atoms with Crippen LogP contribution < -0.4 is 10.2 Å². The first kappa shape index (κ1) is 23.0. The van der Waals surface area contributed by atoms with E-state index in [1.165, 1.54) is 17.7 Å². The van der Waals surface area contributed by atoms with E-state index in [1.54, 1.807) is 0 Å². The lowest BCUT2D eigenvalue weighted by molar-refractivity contribution is 0.596. The van der Waals surface area contributed by atoms with Crippen LogP contribution in [0, 0.1) is 5.82 Å². The summed E-state index contributed by atoms with van der Waals surface area (Å²) in [6, 6.07) is 7.50. The number of anilines is 3. The first-order valence-electron chi connectivity index (χ1n) is 11.3. The van der Waals surface area contributed by atoms with Gasteiger partial charge in [0.15, 0.2) is 15.5 Å². The van der Waals surface area contributed by atoms with Crippen LogP contribution in [0.4, 0.5) is 21.7 Å². The van der Waals surface area contributed by atoms with E-state index in [4.69, 9.17) is 0 Å². The molecule has 0 saturated carbocycles. The van der Waals surface area contributed by atoms with Gasteiger partial charge in [-0.25, -0.2) is 27.8 Å².